The number of alkyl halides is 6. The van der Waals surface area contributed by atoms with Crippen LogP contribution in [0.3, 0.4) is 0 Å². The van der Waals surface area contributed by atoms with Crippen LogP contribution in [0.2, 0.25) is 0 Å². The van der Waals surface area contributed by atoms with Crippen molar-refractivity contribution in [3.63, 3.8) is 0 Å². The summed E-state index contributed by atoms with van der Waals surface area (Å²) in [7, 11) is 0. The molecule has 0 spiro atoms. The minimum Gasteiger partial charge on any atom is -0.370 e. The van der Waals surface area contributed by atoms with E-state index < -0.39 is 46.8 Å². The van der Waals surface area contributed by atoms with Crippen LogP contribution in [0.25, 0.3) is 0 Å². The summed E-state index contributed by atoms with van der Waals surface area (Å²) in [6, 6.07) is -0.700. The Bertz CT molecular complexity index is 581. The fraction of sp³-hybridized carbons (Fsp3) is 0.364. The number of amides is 1. The number of nitrogens with two attached hydrogens (primary N) is 1. The molecule has 1 amide bonds. The minimum absolute atomic E-state index is 0.00309. The van der Waals surface area contributed by atoms with E-state index in [9.17, 15) is 31.1 Å². The standard InChI is InChI=1S/C11H9F6N3O/c12-10(13,14)4-1-5(11(15,16)17)8-6(2-4)20-9(21)7(3-18)19-8/h1-2,7,19H,3,18H2,(H,20,21)/t7-/m0/s1. The van der Waals surface area contributed by atoms with Crippen molar-refractivity contribution in [2.45, 2.75) is 18.4 Å². The first kappa shape index (κ1) is 15.4. The Balaban J connectivity index is 2.64. The van der Waals surface area contributed by atoms with Crippen molar-refractivity contribution >= 4 is 17.3 Å². The number of fused-ring (bicyclic) bond motifs is 1. The molecule has 0 radical (unpaired) electrons. The summed E-state index contributed by atoms with van der Waals surface area (Å²) in [6.45, 7) is -0.302. The molecule has 0 saturated carbocycles. The van der Waals surface area contributed by atoms with Gasteiger partial charge < -0.3 is 16.4 Å². The van der Waals surface area contributed by atoms with Gasteiger partial charge in [-0.2, -0.15) is 26.3 Å². The molecule has 1 aliphatic heterocycles. The van der Waals surface area contributed by atoms with E-state index in [0.717, 1.165) is 0 Å². The van der Waals surface area contributed by atoms with Gasteiger partial charge in [0.1, 0.15) is 6.04 Å². The van der Waals surface area contributed by atoms with Crippen LogP contribution in [-0.4, -0.2) is 18.5 Å². The SMILES string of the molecule is NC[C@@H]1Nc2c(cc(C(F)(F)F)cc2C(F)(F)F)NC1=O. The predicted molar refractivity (Wildman–Crippen MR) is 61.5 cm³/mol. The van der Waals surface area contributed by atoms with Crippen LogP contribution in [0.5, 0.6) is 0 Å². The van der Waals surface area contributed by atoms with Crippen LogP contribution in [-0.2, 0) is 17.1 Å². The lowest BCUT2D eigenvalue weighted by Gasteiger charge is -2.29. The topological polar surface area (TPSA) is 67.2 Å². The van der Waals surface area contributed by atoms with E-state index in [1.807, 2.05) is 5.32 Å². The molecule has 1 aromatic carbocycles. The highest BCUT2D eigenvalue weighted by Gasteiger charge is 2.41. The molecule has 116 valence electrons. The third-order valence-electron chi connectivity index (χ3n) is 2.90. The Morgan fingerprint density at radius 3 is 2.19 bits per heavy atom. The number of anilines is 2. The second-order valence-electron chi connectivity index (χ2n) is 4.36. The van der Waals surface area contributed by atoms with Crippen LogP contribution < -0.4 is 16.4 Å². The van der Waals surface area contributed by atoms with Gasteiger partial charge >= 0.3 is 12.4 Å². The Kier molecular flexibility index (Phi) is 3.52. The van der Waals surface area contributed by atoms with E-state index in [0.29, 0.717) is 6.07 Å². The maximum atomic E-state index is 12.9. The third kappa shape index (κ3) is 2.89. The van der Waals surface area contributed by atoms with E-state index >= 15 is 0 Å². The van der Waals surface area contributed by atoms with E-state index in [4.69, 9.17) is 5.73 Å². The molecule has 0 aromatic heterocycles. The van der Waals surface area contributed by atoms with Crippen molar-refractivity contribution in [2.75, 3.05) is 17.2 Å². The molecular weight excluding hydrogens is 304 g/mol. The smallest absolute Gasteiger partial charge is 0.370 e. The van der Waals surface area contributed by atoms with Crippen LogP contribution in [0.15, 0.2) is 12.1 Å². The molecule has 0 unspecified atom stereocenters. The Labute approximate surface area is 114 Å². The van der Waals surface area contributed by atoms with Gasteiger partial charge in [-0.3, -0.25) is 4.79 Å². The summed E-state index contributed by atoms with van der Waals surface area (Å²) < 4.78 is 76.7. The molecule has 1 aliphatic rings. The van der Waals surface area contributed by atoms with E-state index in [-0.39, 0.29) is 12.6 Å². The second-order valence-corrected chi connectivity index (χ2v) is 4.36. The normalized spacial score (nSPS) is 18.8. The average molecular weight is 313 g/mol. The maximum Gasteiger partial charge on any atom is 0.418 e. The molecule has 21 heavy (non-hydrogen) atoms. The second kappa shape index (κ2) is 4.79. The zero-order valence-corrected chi connectivity index (χ0v) is 10.2. The van der Waals surface area contributed by atoms with Crippen molar-refractivity contribution in [3.8, 4) is 0 Å². The monoisotopic (exact) mass is 313 g/mol. The van der Waals surface area contributed by atoms with E-state index in [2.05, 4.69) is 5.32 Å². The Morgan fingerprint density at radius 2 is 1.71 bits per heavy atom. The third-order valence-corrected chi connectivity index (χ3v) is 2.90. The van der Waals surface area contributed by atoms with Gasteiger partial charge in [0, 0.05) is 6.54 Å². The molecule has 2 rings (SSSR count). The highest BCUT2D eigenvalue weighted by molar-refractivity contribution is 6.04. The fourth-order valence-electron chi connectivity index (χ4n) is 1.91. The lowest BCUT2D eigenvalue weighted by molar-refractivity contribution is -0.142. The van der Waals surface area contributed by atoms with Gasteiger partial charge in [0.25, 0.3) is 0 Å². The lowest BCUT2D eigenvalue weighted by atomic mass is 10.0. The number of benzene rings is 1. The largest absolute Gasteiger partial charge is 0.418 e. The molecule has 10 heteroatoms. The summed E-state index contributed by atoms with van der Waals surface area (Å²) in [6.07, 6.45) is -9.98. The molecule has 4 nitrogen and oxygen atoms in total. The number of carbonyl (C=O) groups excluding carboxylic acids is 1. The number of halogens is 6. The molecule has 4 N–H and O–H groups in total. The van der Waals surface area contributed by atoms with Crippen LogP contribution in [0, 0.1) is 0 Å². The molecule has 1 atom stereocenters. The van der Waals surface area contributed by atoms with Crippen LogP contribution in [0.4, 0.5) is 37.7 Å². The first-order chi connectivity index (χ1) is 9.54. The summed E-state index contributed by atoms with van der Waals surface area (Å²) in [4.78, 5) is 11.5. The highest BCUT2D eigenvalue weighted by Crippen LogP contribution is 2.44. The number of hydrogen-bond donors (Lipinski definition) is 3. The van der Waals surface area contributed by atoms with Crippen LogP contribution in [0.1, 0.15) is 11.1 Å². The number of rotatable bonds is 1. The van der Waals surface area contributed by atoms with Gasteiger partial charge in [-0.15, -0.1) is 0 Å². The summed E-state index contributed by atoms with van der Waals surface area (Å²) in [5, 5.41) is 4.23. The Hall–Kier alpha value is -1.97. The number of nitrogens with one attached hydrogen (secondary N) is 2. The molecule has 1 heterocycles. The van der Waals surface area contributed by atoms with Crippen molar-refractivity contribution < 1.29 is 31.1 Å². The van der Waals surface area contributed by atoms with Crippen molar-refractivity contribution in [3.05, 3.63) is 23.3 Å². The van der Waals surface area contributed by atoms with Gasteiger partial charge in [-0.05, 0) is 12.1 Å². The predicted octanol–water partition coefficient (Wildman–Crippen LogP) is 2.42. The molecular formula is C11H9F6N3O. The van der Waals surface area contributed by atoms with Gasteiger partial charge in [0.05, 0.1) is 22.5 Å². The van der Waals surface area contributed by atoms with Gasteiger partial charge in [-0.25, -0.2) is 0 Å². The quantitative estimate of drug-likeness (QED) is 0.698. The minimum atomic E-state index is -5.01. The van der Waals surface area contributed by atoms with Crippen molar-refractivity contribution in [1.82, 2.24) is 0 Å². The van der Waals surface area contributed by atoms with Crippen molar-refractivity contribution in [1.29, 1.82) is 0 Å². The van der Waals surface area contributed by atoms with Crippen molar-refractivity contribution in [2.24, 2.45) is 5.73 Å². The Morgan fingerprint density at radius 1 is 1.10 bits per heavy atom. The molecule has 0 aliphatic carbocycles. The lowest BCUT2D eigenvalue weighted by Crippen LogP contribution is -2.44. The molecule has 1 aromatic rings. The summed E-state index contributed by atoms with van der Waals surface area (Å²) >= 11 is 0. The van der Waals surface area contributed by atoms with Gasteiger partial charge in [-0.1, -0.05) is 0 Å². The molecule has 0 saturated heterocycles. The number of carbonyl (C=O) groups is 1. The first-order valence-corrected chi connectivity index (χ1v) is 5.64. The fourth-order valence-corrected chi connectivity index (χ4v) is 1.91. The average Bonchev–Trinajstić information content (AvgIpc) is 2.34. The highest BCUT2D eigenvalue weighted by atomic mass is 19.4. The maximum absolute atomic E-state index is 12.9. The summed E-state index contributed by atoms with van der Waals surface area (Å²) in [5.74, 6) is -0.794. The zero-order valence-electron chi connectivity index (χ0n) is 10.2. The number of hydrogen-bond acceptors (Lipinski definition) is 3. The van der Waals surface area contributed by atoms with E-state index in [1.165, 1.54) is 0 Å². The molecule has 0 bridgehead atoms. The first-order valence-electron chi connectivity index (χ1n) is 5.64. The van der Waals surface area contributed by atoms with Crippen LogP contribution >= 0.6 is 0 Å². The van der Waals surface area contributed by atoms with Gasteiger partial charge in [0.15, 0.2) is 0 Å². The summed E-state index contributed by atoms with van der Waals surface area (Å²) in [5.41, 5.74) is 1.02. The van der Waals surface area contributed by atoms with E-state index in [1.54, 1.807) is 0 Å². The van der Waals surface area contributed by atoms with Gasteiger partial charge in [0.2, 0.25) is 5.91 Å². The molecule has 0 fully saturated rings. The zero-order chi connectivity index (χ0) is 16.0.